The van der Waals surface area contributed by atoms with E-state index in [4.69, 9.17) is 4.74 Å². The van der Waals surface area contributed by atoms with Gasteiger partial charge in [0.25, 0.3) is 0 Å². The first-order chi connectivity index (χ1) is 9.79. The average Bonchev–Trinajstić information content (AvgIpc) is 2.51. The van der Waals surface area contributed by atoms with E-state index in [9.17, 15) is 4.79 Å². The molecule has 0 fully saturated rings. The molecule has 3 aromatic rings. The molecule has 0 radical (unpaired) electrons. The Morgan fingerprint density at radius 2 is 1.50 bits per heavy atom. The van der Waals surface area contributed by atoms with E-state index in [-0.39, 0.29) is 5.97 Å². The van der Waals surface area contributed by atoms with E-state index in [1.165, 1.54) is 10.8 Å². The third-order valence-electron chi connectivity index (χ3n) is 3.55. The number of carbonyl (C=O) groups is 1. The van der Waals surface area contributed by atoms with Gasteiger partial charge in [-0.15, -0.1) is 0 Å². The van der Waals surface area contributed by atoms with Crippen molar-refractivity contribution in [2.24, 2.45) is 0 Å². The van der Waals surface area contributed by atoms with Crippen LogP contribution in [-0.4, -0.2) is 5.97 Å². The van der Waals surface area contributed by atoms with Gasteiger partial charge in [0.15, 0.2) is 0 Å². The van der Waals surface area contributed by atoms with Crippen molar-refractivity contribution in [2.75, 3.05) is 0 Å². The third kappa shape index (κ3) is 2.25. The molecule has 0 bridgehead atoms. The predicted molar refractivity (Wildman–Crippen MR) is 81.5 cm³/mol. The molecule has 0 unspecified atom stereocenters. The molecule has 3 rings (SSSR count). The molecule has 0 saturated heterocycles. The second-order valence-corrected chi connectivity index (χ2v) is 4.81. The number of fused-ring (bicyclic) bond motifs is 2. The van der Waals surface area contributed by atoms with E-state index in [0.29, 0.717) is 13.0 Å². The maximum atomic E-state index is 11.4. The van der Waals surface area contributed by atoms with E-state index in [0.717, 1.165) is 16.3 Å². The van der Waals surface area contributed by atoms with Gasteiger partial charge in [-0.1, -0.05) is 55.5 Å². The highest BCUT2D eigenvalue weighted by atomic mass is 16.5. The second-order valence-electron chi connectivity index (χ2n) is 4.81. The highest BCUT2D eigenvalue weighted by molar-refractivity contribution is 6.02. The third-order valence-corrected chi connectivity index (χ3v) is 3.55. The highest BCUT2D eigenvalue weighted by Gasteiger charge is 2.09. The Morgan fingerprint density at radius 1 is 0.950 bits per heavy atom. The lowest BCUT2D eigenvalue weighted by molar-refractivity contribution is -0.144. The predicted octanol–water partition coefficient (Wildman–Crippen LogP) is 4.45. The maximum absolute atomic E-state index is 11.4. The van der Waals surface area contributed by atoms with E-state index in [1.807, 2.05) is 31.2 Å². The van der Waals surface area contributed by atoms with Gasteiger partial charge in [-0.2, -0.15) is 0 Å². The van der Waals surface area contributed by atoms with Crippen LogP contribution < -0.4 is 0 Å². The Hall–Kier alpha value is -2.35. The lowest BCUT2D eigenvalue weighted by Crippen LogP contribution is -2.03. The summed E-state index contributed by atoms with van der Waals surface area (Å²) in [5, 5.41) is 4.65. The molecule has 2 nitrogen and oxygen atoms in total. The summed E-state index contributed by atoms with van der Waals surface area (Å²) >= 11 is 0. The van der Waals surface area contributed by atoms with Gasteiger partial charge in [0.05, 0.1) is 0 Å². The van der Waals surface area contributed by atoms with E-state index in [2.05, 4.69) is 30.3 Å². The molecule has 3 aromatic carbocycles. The SMILES string of the molecule is CCC(=O)OCc1c2ccccc2cc2ccccc12. The van der Waals surface area contributed by atoms with E-state index >= 15 is 0 Å². The Bertz CT molecular complexity index is 721. The molecule has 0 heterocycles. The molecule has 0 saturated carbocycles. The van der Waals surface area contributed by atoms with Crippen LogP contribution in [0.15, 0.2) is 54.6 Å². The average molecular weight is 264 g/mol. The van der Waals surface area contributed by atoms with Gasteiger partial charge in [0.1, 0.15) is 6.61 Å². The van der Waals surface area contributed by atoms with Crippen molar-refractivity contribution in [3.05, 3.63) is 60.2 Å². The summed E-state index contributed by atoms with van der Waals surface area (Å²) in [6, 6.07) is 18.6. The molecule has 0 aliphatic heterocycles. The van der Waals surface area contributed by atoms with E-state index < -0.39 is 0 Å². The molecule has 0 amide bonds. The largest absolute Gasteiger partial charge is 0.461 e. The van der Waals surface area contributed by atoms with Crippen molar-refractivity contribution in [3.63, 3.8) is 0 Å². The summed E-state index contributed by atoms with van der Waals surface area (Å²) < 4.78 is 5.35. The number of rotatable bonds is 3. The molecule has 0 N–H and O–H groups in total. The highest BCUT2D eigenvalue weighted by Crippen LogP contribution is 2.29. The molecule has 0 atom stereocenters. The molecular weight excluding hydrogens is 248 g/mol. The number of ether oxygens (including phenoxy) is 1. The number of esters is 1. The number of carbonyl (C=O) groups excluding carboxylic acids is 1. The minimum atomic E-state index is -0.165. The zero-order valence-corrected chi connectivity index (χ0v) is 11.4. The summed E-state index contributed by atoms with van der Waals surface area (Å²) in [4.78, 5) is 11.4. The number of hydrogen-bond donors (Lipinski definition) is 0. The molecular formula is C18H16O2. The van der Waals surface area contributed by atoms with E-state index in [1.54, 1.807) is 0 Å². The fraction of sp³-hybridized carbons (Fsp3) is 0.167. The Morgan fingerprint density at radius 3 is 2.05 bits per heavy atom. The van der Waals surface area contributed by atoms with Gasteiger partial charge in [0, 0.05) is 12.0 Å². The molecule has 0 aromatic heterocycles. The first-order valence-electron chi connectivity index (χ1n) is 6.84. The maximum Gasteiger partial charge on any atom is 0.305 e. The van der Waals surface area contributed by atoms with Crippen LogP contribution in [-0.2, 0) is 16.1 Å². The van der Waals surface area contributed by atoms with Gasteiger partial charge in [-0.05, 0) is 27.6 Å². The Labute approximate surface area is 118 Å². The van der Waals surface area contributed by atoms with Gasteiger partial charge in [-0.25, -0.2) is 0 Å². The molecule has 0 aliphatic carbocycles. The number of benzene rings is 3. The quantitative estimate of drug-likeness (QED) is 0.516. The molecule has 0 spiro atoms. The Balaban J connectivity index is 2.20. The Kier molecular flexibility index (Phi) is 3.38. The minimum absolute atomic E-state index is 0.165. The molecule has 20 heavy (non-hydrogen) atoms. The summed E-state index contributed by atoms with van der Waals surface area (Å²) in [6.07, 6.45) is 0.405. The molecule has 0 aliphatic rings. The zero-order chi connectivity index (χ0) is 13.9. The van der Waals surface area contributed by atoms with Crippen molar-refractivity contribution in [1.82, 2.24) is 0 Å². The first-order valence-corrected chi connectivity index (χ1v) is 6.84. The van der Waals surface area contributed by atoms with Crippen molar-refractivity contribution in [2.45, 2.75) is 20.0 Å². The summed E-state index contributed by atoms with van der Waals surface area (Å²) in [7, 11) is 0. The fourth-order valence-electron chi connectivity index (χ4n) is 2.52. The molecule has 100 valence electrons. The normalized spacial score (nSPS) is 10.8. The van der Waals surface area contributed by atoms with Crippen LogP contribution in [0, 0.1) is 0 Å². The topological polar surface area (TPSA) is 26.3 Å². The summed E-state index contributed by atoms with van der Waals surface area (Å²) in [5.41, 5.74) is 1.08. The minimum Gasteiger partial charge on any atom is -0.461 e. The fourth-order valence-corrected chi connectivity index (χ4v) is 2.52. The lowest BCUT2D eigenvalue weighted by Gasteiger charge is -2.11. The van der Waals surface area contributed by atoms with Crippen LogP contribution in [0.4, 0.5) is 0 Å². The van der Waals surface area contributed by atoms with Crippen LogP contribution >= 0.6 is 0 Å². The monoisotopic (exact) mass is 264 g/mol. The van der Waals surface area contributed by atoms with Crippen molar-refractivity contribution >= 4 is 27.5 Å². The van der Waals surface area contributed by atoms with Crippen molar-refractivity contribution in [3.8, 4) is 0 Å². The summed E-state index contributed by atoms with van der Waals surface area (Å²) in [6.45, 7) is 2.14. The van der Waals surface area contributed by atoms with Gasteiger partial charge < -0.3 is 4.74 Å². The standard InChI is InChI=1S/C18H16O2/c1-2-18(19)20-12-17-15-9-5-3-7-13(15)11-14-8-4-6-10-16(14)17/h3-11H,2,12H2,1H3. The molecule has 2 heteroatoms. The summed E-state index contributed by atoms with van der Waals surface area (Å²) in [5.74, 6) is -0.165. The van der Waals surface area contributed by atoms with Gasteiger partial charge in [0.2, 0.25) is 0 Å². The second kappa shape index (κ2) is 5.33. The van der Waals surface area contributed by atoms with Gasteiger partial charge in [-0.3, -0.25) is 4.79 Å². The van der Waals surface area contributed by atoms with Crippen LogP contribution in [0.3, 0.4) is 0 Å². The first kappa shape index (κ1) is 12.7. The van der Waals surface area contributed by atoms with Crippen LogP contribution in [0.2, 0.25) is 0 Å². The lowest BCUT2D eigenvalue weighted by atomic mass is 9.97. The van der Waals surface area contributed by atoms with Crippen LogP contribution in [0.1, 0.15) is 18.9 Å². The van der Waals surface area contributed by atoms with Crippen molar-refractivity contribution < 1.29 is 9.53 Å². The zero-order valence-electron chi connectivity index (χ0n) is 11.4. The van der Waals surface area contributed by atoms with Crippen LogP contribution in [0.5, 0.6) is 0 Å². The number of hydrogen-bond acceptors (Lipinski definition) is 2. The van der Waals surface area contributed by atoms with Crippen LogP contribution in [0.25, 0.3) is 21.5 Å². The smallest absolute Gasteiger partial charge is 0.305 e. The van der Waals surface area contributed by atoms with Gasteiger partial charge >= 0.3 is 5.97 Å². The van der Waals surface area contributed by atoms with Crippen molar-refractivity contribution in [1.29, 1.82) is 0 Å².